The van der Waals surface area contributed by atoms with Crippen LogP contribution in [0.25, 0.3) is 0 Å². The second-order valence-electron chi connectivity index (χ2n) is 5.67. The standard InChI is InChI=1S/C18H17N3O4.ClH/c1-25-16-7-3-4-12(9-16)17(22)14-10-19-18(20-11-14)13-5-2-6-15(8-13)21(23)24;/h2-9,14H,10-11H2,1H3,(H,19,20);1H. The Morgan fingerprint density at radius 3 is 2.69 bits per heavy atom. The maximum atomic E-state index is 12.6. The number of Topliss-reactive ketones (excluding diaryl/α,β-unsaturated/α-hetero) is 1. The molecule has 0 amide bonds. The summed E-state index contributed by atoms with van der Waals surface area (Å²) in [5.74, 6) is 0.914. The van der Waals surface area contributed by atoms with Gasteiger partial charge in [-0.1, -0.05) is 24.3 Å². The lowest BCUT2D eigenvalue weighted by molar-refractivity contribution is -0.384. The van der Waals surface area contributed by atoms with E-state index in [9.17, 15) is 14.9 Å². The SMILES string of the molecule is COc1cccc(C(=O)C2CN=C(c3cccc([N+](=O)[O-])c3)NC2)c1.Cl. The van der Waals surface area contributed by atoms with Gasteiger partial charge < -0.3 is 10.1 Å². The molecule has 0 saturated carbocycles. The molecule has 0 aromatic heterocycles. The molecule has 1 unspecified atom stereocenters. The minimum Gasteiger partial charge on any atom is -0.497 e. The van der Waals surface area contributed by atoms with Gasteiger partial charge in [0.1, 0.15) is 11.6 Å². The number of ketones is 1. The molecule has 1 N–H and O–H groups in total. The monoisotopic (exact) mass is 375 g/mol. The molecule has 0 saturated heterocycles. The fourth-order valence-corrected chi connectivity index (χ4v) is 2.69. The van der Waals surface area contributed by atoms with E-state index in [-0.39, 0.29) is 29.8 Å². The summed E-state index contributed by atoms with van der Waals surface area (Å²) in [5.41, 5.74) is 1.23. The van der Waals surface area contributed by atoms with E-state index in [1.807, 2.05) is 0 Å². The molecular formula is C18H18ClN3O4. The molecule has 26 heavy (non-hydrogen) atoms. The molecule has 0 spiro atoms. The number of nitrogens with zero attached hydrogens (tertiary/aromatic N) is 2. The lowest BCUT2D eigenvalue weighted by atomic mass is 9.96. The van der Waals surface area contributed by atoms with Crippen LogP contribution in [0.1, 0.15) is 15.9 Å². The van der Waals surface area contributed by atoms with Crippen molar-refractivity contribution in [3.8, 4) is 5.75 Å². The van der Waals surface area contributed by atoms with Crippen LogP contribution in [-0.4, -0.2) is 36.7 Å². The van der Waals surface area contributed by atoms with Gasteiger partial charge >= 0.3 is 0 Å². The summed E-state index contributed by atoms with van der Waals surface area (Å²) < 4.78 is 5.15. The molecule has 3 rings (SSSR count). The molecule has 2 aromatic carbocycles. The Kier molecular flexibility index (Phi) is 6.30. The molecule has 1 atom stereocenters. The third-order valence-corrected chi connectivity index (χ3v) is 4.04. The number of hydrogen-bond acceptors (Lipinski definition) is 6. The van der Waals surface area contributed by atoms with E-state index < -0.39 is 4.92 Å². The van der Waals surface area contributed by atoms with Crippen molar-refractivity contribution in [2.24, 2.45) is 10.9 Å². The van der Waals surface area contributed by atoms with E-state index in [1.165, 1.54) is 12.1 Å². The molecule has 0 radical (unpaired) electrons. The first-order valence-corrected chi connectivity index (χ1v) is 7.80. The number of halogens is 1. The zero-order valence-corrected chi connectivity index (χ0v) is 14.9. The molecule has 8 heteroatoms. The number of carbonyl (C=O) groups is 1. The van der Waals surface area contributed by atoms with Gasteiger partial charge in [0.05, 0.1) is 24.5 Å². The van der Waals surface area contributed by atoms with E-state index in [2.05, 4.69) is 10.3 Å². The largest absolute Gasteiger partial charge is 0.497 e. The highest BCUT2D eigenvalue weighted by atomic mass is 35.5. The van der Waals surface area contributed by atoms with Gasteiger partial charge in [-0.15, -0.1) is 12.4 Å². The first-order chi connectivity index (χ1) is 12.1. The zero-order chi connectivity index (χ0) is 17.8. The van der Waals surface area contributed by atoms with Crippen molar-refractivity contribution < 1.29 is 14.5 Å². The maximum Gasteiger partial charge on any atom is 0.270 e. The summed E-state index contributed by atoms with van der Waals surface area (Å²) >= 11 is 0. The number of hydrogen-bond donors (Lipinski definition) is 1. The molecule has 1 heterocycles. The Hall–Kier alpha value is -2.93. The van der Waals surface area contributed by atoms with Crippen LogP contribution in [0.2, 0.25) is 0 Å². The summed E-state index contributed by atoms with van der Waals surface area (Å²) in [4.78, 5) is 27.4. The summed E-state index contributed by atoms with van der Waals surface area (Å²) in [6.07, 6.45) is 0. The van der Waals surface area contributed by atoms with Gasteiger partial charge in [-0.25, -0.2) is 0 Å². The van der Waals surface area contributed by atoms with Crippen LogP contribution in [0.4, 0.5) is 5.69 Å². The van der Waals surface area contributed by atoms with Crippen LogP contribution in [-0.2, 0) is 0 Å². The summed E-state index contributed by atoms with van der Waals surface area (Å²) in [7, 11) is 1.56. The van der Waals surface area contributed by atoms with E-state index in [0.29, 0.717) is 35.8 Å². The fraction of sp³-hybridized carbons (Fsp3) is 0.222. The molecule has 0 fully saturated rings. The lowest BCUT2D eigenvalue weighted by Gasteiger charge is -2.22. The lowest BCUT2D eigenvalue weighted by Crippen LogP contribution is -2.39. The average molecular weight is 376 g/mol. The first-order valence-electron chi connectivity index (χ1n) is 7.80. The van der Waals surface area contributed by atoms with Gasteiger partial charge in [-0.3, -0.25) is 19.9 Å². The van der Waals surface area contributed by atoms with Crippen LogP contribution in [0, 0.1) is 16.0 Å². The number of non-ortho nitro benzene ring substituents is 1. The Morgan fingerprint density at radius 2 is 2.04 bits per heavy atom. The molecule has 0 bridgehead atoms. The second-order valence-corrected chi connectivity index (χ2v) is 5.67. The Labute approximate surface area is 156 Å². The number of benzene rings is 2. The summed E-state index contributed by atoms with van der Waals surface area (Å²) in [5, 5.41) is 14.0. The van der Waals surface area contributed by atoms with E-state index >= 15 is 0 Å². The van der Waals surface area contributed by atoms with Crippen molar-refractivity contribution in [2.75, 3.05) is 20.2 Å². The van der Waals surface area contributed by atoms with Crippen molar-refractivity contribution in [1.29, 1.82) is 0 Å². The van der Waals surface area contributed by atoms with Gasteiger partial charge in [0.2, 0.25) is 0 Å². The van der Waals surface area contributed by atoms with Gasteiger partial charge in [0.25, 0.3) is 5.69 Å². The molecule has 1 aliphatic rings. The van der Waals surface area contributed by atoms with Crippen molar-refractivity contribution >= 4 is 29.7 Å². The van der Waals surface area contributed by atoms with Crippen molar-refractivity contribution in [2.45, 2.75) is 0 Å². The quantitative estimate of drug-likeness (QED) is 0.492. The number of rotatable bonds is 5. The first kappa shape index (κ1) is 19.4. The smallest absolute Gasteiger partial charge is 0.270 e. The number of nitrogens with one attached hydrogen (secondary N) is 1. The Morgan fingerprint density at radius 1 is 1.27 bits per heavy atom. The van der Waals surface area contributed by atoms with E-state index in [4.69, 9.17) is 4.74 Å². The summed E-state index contributed by atoms with van der Waals surface area (Å²) in [6, 6.07) is 13.3. The van der Waals surface area contributed by atoms with Crippen molar-refractivity contribution in [1.82, 2.24) is 5.32 Å². The van der Waals surface area contributed by atoms with Gasteiger partial charge in [0.15, 0.2) is 5.78 Å². The normalized spacial score (nSPS) is 15.9. The van der Waals surface area contributed by atoms with Gasteiger partial charge in [0, 0.05) is 29.8 Å². The predicted octanol–water partition coefficient (Wildman–Crippen LogP) is 2.87. The Bertz CT molecular complexity index is 854. The van der Waals surface area contributed by atoms with Crippen LogP contribution < -0.4 is 10.1 Å². The van der Waals surface area contributed by atoms with Crippen LogP contribution in [0.5, 0.6) is 5.75 Å². The number of amidine groups is 1. The maximum absolute atomic E-state index is 12.6. The molecule has 0 aliphatic carbocycles. The predicted molar refractivity (Wildman–Crippen MR) is 101 cm³/mol. The summed E-state index contributed by atoms with van der Waals surface area (Å²) in [6.45, 7) is 0.763. The average Bonchev–Trinajstić information content (AvgIpc) is 2.67. The van der Waals surface area contributed by atoms with Crippen LogP contribution >= 0.6 is 12.4 Å². The second kappa shape index (κ2) is 8.44. The highest BCUT2D eigenvalue weighted by Gasteiger charge is 2.24. The Balaban J connectivity index is 0.00000243. The third-order valence-electron chi connectivity index (χ3n) is 4.04. The molecule has 7 nitrogen and oxygen atoms in total. The number of ether oxygens (including phenoxy) is 1. The highest BCUT2D eigenvalue weighted by molar-refractivity contribution is 6.03. The fourth-order valence-electron chi connectivity index (χ4n) is 2.69. The zero-order valence-electron chi connectivity index (χ0n) is 14.0. The topological polar surface area (TPSA) is 93.8 Å². The van der Waals surface area contributed by atoms with Gasteiger partial charge in [-0.2, -0.15) is 0 Å². The number of nitro groups is 1. The number of aliphatic imine (C=N–C) groups is 1. The minimum absolute atomic E-state index is 0. The molecule has 1 aliphatic heterocycles. The minimum atomic E-state index is -0.442. The van der Waals surface area contributed by atoms with E-state index in [1.54, 1.807) is 43.5 Å². The number of nitro benzene ring substituents is 1. The third kappa shape index (κ3) is 4.18. The van der Waals surface area contributed by atoms with Crippen LogP contribution in [0.3, 0.4) is 0 Å². The van der Waals surface area contributed by atoms with E-state index in [0.717, 1.165) is 0 Å². The molecule has 136 valence electrons. The van der Waals surface area contributed by atoms with Gasteiger partial charge in [-0.05, 0) is 12.1 Å². The van der Waals surface area contributed by atoms with Crippen LogP contribution in [0.15, 0.2) is 53.5 Å². The highest BCUT2D eigenvalue weighted by Crippen LogP contribution is 2.19. The number of methoxy groups -OCH3 is 1. The molecule has 2 aromatic rings. The van der Waals surface area contributed by atoms with Crippen molar-refractivity contribution in [3.05, 3.63) is 69.8 Å². The number of carbonyl (C=O) groups excluding carboxylic acids is 1. The molecular weight excluding hydrogens is 358 g/mol. The van der Waals surface area contributed by atoms with Crippen molar-refractivity contribution in [3.63, 3.8) is 0 Å².